The second-order valence-electron chi connectivity index (χ2n) is 3.82. The van der Waals surface area contributed by atoms with Gasteiger partial charge in [-0.1, -0.05) is 32.6 Å². The van der Waals surface area contributed by atoms with E-state index >= 15 is 0 Å². The Hall–Kier alpha value is -0.610. The summed E-state index contributed by atoms with van der Waals surface area (Å²) in [6.07, 6.45) is 6.99. The van der Waals surface area contributed by atoms with E-state index in [1.807, 2.05) is 0 Å². The highest BCUT2D eigenvalue weighted by Gasteiger charge is 1.99. The topological polar surface area (TPSA) is 58.6 Å². The molecule has 0 fully saturated rings. The molecule has 0 radical (unpaired) electrons. The lowest BCUT2D eigenvalue weighted by atomic mass is 10.2. The monoisotopic (exact) mass is 233 g/mol. The lowest BCUT2D eigenvalue weighted by Gasteiger charge is -2.05. The van der Waals surface area contributed by atoms with Crippen LogP contribution in [0.5, 0.6) is 0 Å². The van der Waals surface area contributed by atoms with Crippen LogP contribution in [0.1, 0.15) is 59.6 Å². The molecule has 2 N–H and O–H groups in total. The number of carbonyl (C=O) groups is 1. The average molecular weight is 233 g/mol. The lowest BCUT2D eigenvalue weighted by Crippen LogP contribution is -2.23. The molecule has 0 aromatic rings. The first kappa shape index (κ1) is 13.5. The minimum Gasteiger partial charge on any atom is -0.396 e. The fourth-order valence-corrected chi connectivity index (χ4v) is 1.28. The highest BCUT2D eigenvalue weighted by Crippen LogP contribution is 2.01. The van der Waals surface area contributed by atoms with E-state index in [4.69, 9.17) is 11.3 Å². The number of aliphatic hydroxyl groups is 1. The first-order valence-electron chi connectivity index (χ1n) is 6.82. The van der Waals surface area contributed by atoms with Gasteiger partial charge in [0.2, 0.25) is 5.91 Å². The maximum atomic E-state index is 11.2. The molecule has 4 nitrogen and oxygen atoms in total. The molecule has 1 amide bonds. The van der Waals surface area contributed by atoms with Crippen molar-refractivity contribution in [1.82, 2.24) is 5.48 Å². The standard InChI is InChI=1S/C12H25NO3/c1-2-3-4-5-8-11-16-13-12(15)9-6-7-10-14/h14H,2-11H2,1H3,(H,13,15)/i1T. The Balaban J connectivity index is 3.08. The number of hydrogen-bond donors (Lipinski definition) is 2. The van der Waals surface area contributed by atoms with Gasteiger partial charge in [-0.25, -0.2) is 5.48 Å². The molecule has 0 aliphatic carbocycles. The molecular weight excluding hydrogens is 206 g/mol. The molecule has 0 heterocycles. The molecule has 0 unspecified atom stereocenters. The molecule has 96 valence electrons. The Labute approximate surface area is 99.7 Å². The van der Waals surface area contributed by atoms with Crippen LogP contribution in [0.4, 0.5) is 0 Å². The smallest absolute Gasteiger partial charge is 0.243 e. The number of hydroxylamine groups is 1. The van der Waals surface area contributed by atoms with Gasteiger partial charge in [0, 0.05) is 14.4 Å². The van der Waals surface area contributed by atoms with E-state index < -0.39 is 0 Å². The van der Waals surface area contributed by atoms with Crippen LogP contribution in [-0.4, -0.2) is 24.2 Å². The summed E-state index contributed by atoms with van der Waals surface area (Å²) in [5.74, 6) is -0.118. The maximum absolute atomic E-state index is 11.2. The molecule has 0 aliphatic heterocycles. The summed E-state index contributed by atoms with van der Waals surface area (Å²) in [7, 11) is 0. The van der Waals surface area contributed by atoms with Gasteiger partial charge in [0.05, 0.1) is 6.61 Å². The number of unbranched alkanes of at least 4 members (excludes halogenated alkanes) is 5. The zero-order valence-electron chi connectivity index (χ0n) is 11.0. The van der Waals surface area contributed by atoms with Crippen molar-refractivity contribution < 1.29 is 16.1 Å². The fraction of sp³-hybridized carbons (Fsp3) is 0.917. The number of rotatable bonds is 11. The Bertz CT molecular complexity index is 179. The van der Waals surface area contributed by atoms with Gasteiger partial charge in [-0.05, 0) is 19.3 Å². The van der Waals surface area contributed by atoms with Crippen molar-refractivity contribution in [2.75, 3.05) is 13.2 Å². The van der Waals surface area contributed by atoms with Crippen LogP contribution < -0.4 is 5.48 Å². The second-order valence-corrected chi connectivity index (χ2v) is 3.82. The van der Waals surface area contributed by atoms with Gasteiger partial charge in [-0.3, -0.25) is 9.63 Å². The van der Waals surface area contributed by atoms with Crippen molar-refractivity contribution in [2.45, 2.75) is 58.3 Å². The predicted molar refractivity (Wildman–Crippen MR) is 63.8 cm³/mol. The molecular formula is C12H25NO3. The minimum absolute atomic E-state index is 0.118. The van der Waals surface area contributed by atoms with Crippen molar-refractivity contribution in [3.63, 3.8) is 0 Å². The summed E-state index contributed by atoms with van der Waals surface area (Å²) in [4.78, 5) is 16.2. The van der Waals surface area contributed by atoms with E-state index in [2.05, 4.69) is 5.48 Å². The molecule has 0 aromatic heterocycles. The number of aliphatic hydroxyl groups excluding tert-OH is 1. The Morgan fingerprint density at radius 3 is 2.81 bits per heavy atom. The van der Waals surface area contributed by atoms with Gasteiger partial charge < -0.3 is 5.11 Å². The third-order valence-corrected chi connectivity index (χ3v) is 2.24. The van der Waals surface area contributed by atoms with Crippen molar-refractivity contribution >= 4 is 5.91 Å². The lowest BCUT2D eigenvalue weighted by molar-refractivity contribution is -0.133. The molecule has 16 heavy (non-hydrogen) atoms. The fourth-order valence-electron chi connectivity index (χ4n) is 1.28. The van der Waals surface area contributed by atoms with E-state index in [1.165, 1.54) is 0 Å². The van der Waals surface area contributed by atoms with Crippen LogP contribution in [0.15, 0.2) is 0 Å². The van der Waals surface area contributed by atoms with Gasteiger partial charge in [-0.2, -0.15) is 0 Å². The molecule has 0 atom stereocenters. The van der Waals surface area contributed by atoms with Crippen LogP contribution >= 0.6 is 0 Å². The summed E-state index contributed by atoms with van der Waals surface area (Å²) in [5.41, 5.74) is 2.39. The largest absolute Gasteiger partial charge is 0.396 e. The second kappa shape index (κ2) is 12.5. The molecule has 4 heteroatoms. The summed E-state index contributed by atoms with van der Waals surface area (Å²) < 4.78 is 6.98. The summed E-state index contributed by atoms with van der Waals surface area (Å²) in [6, 6.07) is 0. The number of amides is 1. The van der Waals surface area contributed by atoms with Crippen molar-refractivity contribution in [3.05, 3.63) is 0 Å². The molecule has 0 saturated carbocycles. The van der Waals surface area contributed by atoms with E-state index in [-0.39, 0.29) is 12.5 Å². The van der Waals surface area contributed by atoms with E-state index in [1.54, 1.807) is 0 Å². The van der Waals surface area contributed by atoms with E-state index in [9.17, 15) is 4.79 Å². The molecule has 0 rings (SSSR count). The molecule has 0 saturated heterocycles. The molecule has 0 aliphatic rings. The third-order valence-electron chi connectivity index (χ3n) is 2.24. The zero-order valence-corrected chi connectivity index (χ0v) is 10.0. The quantitative estimate of drug-likeness (QED) is 0.425. The minimum atomic E-state index is -0.118. The predicted octanol–water partition coefficient (Wildman–Crippen LogP) is 2.17. The summed E-state index contributed by atoms with van der Waals surface area (Å²) in [6.45, 7) is 1.19. The Morgan fingerprint density at radius 1 is 1.25 bits per heavy atom. The van der Waals surface area contributed by atoms with E-state index in [0.29, 0.717) is 32.8 Å². The van der Waals surface area contributed by atoms with Gasteiger partial charge in [-0.15, -0.1) is 0 Å². The van der Waals surface area contributed by atoms with Crippen LogP contribution in [-0.2, 0) is 9.63 Å². The Morgan fingerprint density at radius 2 is 2.06 bits per heavy atom. The Kier molecular flexibility index (Phi) is 10.5. The van der Waals surface area contributed by atoms with Crippen LogP contribution in [0.2, 0.25) is 0 Å². The van der Waals surface area contributed by atoms with Crippen LogP contribution in [0, 0.1) is 0 Å². The number of nitrogens with one attached hydrogen (secondary N) is 1. The number of carbonyl (C=O) groups excluding carboxylic acids is 1. The van der Waals surface area contributed by atoms with Crippen molar-refractivity contribution in [1.29, 1.82) is 0 Å². The number of hydrogen-bond acceptors (Lipinski definition) is 3. The van der Waals surface area contributed by atoms with E-state index in [0.717, 1.165) is 32.1 Å². The first-order chi connectivity index (χ1) is 8.31. The molecule has 0 aromatic carbocycles. The van der Waals surface area contributed by atoms with Crippen molar-refractivity contribution in [3.8, 4) is 0 Å². The highest BCUT2D eigenvalue weighted by atomic mass is 16.6. The van der Waals surface area contributed by atoms with Crippen LogP contribution in [0.3, 0.4) is 0 Å². The highest BCUT2D eigenvalue weighted by molar-refractivity contribution is 5.74. The van der Waals surface area contributed by atoms with Crippen LogP contribution in [0.25, 0.3) is 0 Å². The molecule has 0 bridgehead atoms. The molecule has 0 spiro atoms. The zero-order chi connectivity index (χ0) is 12.8. The maximum Gasteiger partial charge on any atom is 0.243 e. The first-order valence-corrected chi connectivity index (χ1v) is 6.12. The SMILES string of the molecule is [3H]CCCCCCCONC(=O)CCCCO. The van der Waals surface area contributed by atoms with Gasteiger partial charge in [0.1, 0.15) is 0 Å². The van der Waals surface area contributed by atoms with Gasteiger partial charge in [0.15, 0.2) is 0 Å². The van der Waals surface area contributed by atoms with Gasteiger partial charge >= 0.3 is 0 Å². The summed E-state index contributed by atoms with van der Waals surface area (Å²) in [5, 5.41) is 8.54. The van der Waals surface area contributed by atoms with Crippen molar-refractivity contribution in [2.24, 2.45) is 0 Å². The third kappa shape index (κ3) is 11.5. The normalized spacial score (nSPS) is 11.2. The average Bonchev–Trinajstić information content (AvgIpc) is 2.33. The summed E-state index contributed by atoms with van der Waals surface area (Å²) >= 11 is 0. The van der Waals surface area contributed by atoms with Gasteiger partial charge in [0.25, 0.3) is 0 Å².